The van der Waals surface area contributed by atoms with Gasteiger partial charge in [0.1, 0.15) is 0 Å². The fourth-order valence-corrected chi connectivity index (χ4v) is 4.75. The molecule has 1 aliphatic rings. The van der Waals surface area contributed by atoms with Crippen LogP contribution in [0.4, 0.5) is 0 Å². The Morgan fingerprint density at radius 3 is 2.65 bits per heavy atom. The van der Waals surface area contributed by atoms with E-state index in [9.17, 15) is 0 Å². The Bertz CT molecular complexity index is 919. The molecule has 31 heavy (non-hydrogen) atoms. The van der Waals surface area contributed by atoms with E-state index in [4.69, 9.17) is 0 Å². The maximum absolute atomic E-state index is 4.48. The number of benzene rings is 1. The summed E-state index contributed by atoms with van der Waals surface area (Å²) in [5, 5.41) is 13.6. The van der Waals surface area contributed by atoms with Gasteiger partial charge in [0, 0.05) is 31.2 Å². The Morgan fingerprint density at radius 1 is 1.13 bits per heavy atom. The largest absolute Gasteiger partial charge is 0.356 e. The van der Waals surface area contributed by atoms with Crippen molar-refractivity contribution in [2.45, 2.75) is 25.3 Å². The van der Waals surface area contributed by atoms with E-state index in [0.29, 0.717) is 6.04 Å². The summed E-state index contributed by atoms with van der Waals surface area (Å²) in [5.41, 5.74) is 2.28. The summed E-state index contributed by atoms with van der Waals surface area (Å²) in [7, 11) is 1.83. The van der Waals surface area contributed by atoms with Gasteiger partial charge in [0.05, 0.1) is 17.9 Å². The van der Waals surface area contributed by atoms with Crippen LogP contribution in [-0.4, -0.2) is 53.9 Å². The first-order chi connectivity index (χ1) is 14.8. The van der Waals surface area contributed by atoms with Crippen LogP contribution in [0.15, 0.2) is 65.2 Å². The van der Waals surface area contributed by atoms with E-state index < -0.39 is 0 Å². The quantitative estimate of drug-likeness (QED) is 0.252. The highest BCUT2D eigenvalue weighted by molar-refractivity contribution is 14.0. The lowest BCUT2D eigenvalue weighted by Crippen LogP contribution is -2.43. The molecule has 0 spiro atoms. The molecule has 1 aliphatic heterocycles. The van der Waals surface area contributed by atoms with E-state index in [1.165, 1.54) is 36.4 Å². The maximum Gasteiger partial charge on any atom is 0.191 e. The number of halogens is 1. The van der Waals surface area contributed by atoms with Gasteiger partial charge < -0.3 is 10.6 Å². The van der Waals surface area contributed by atoms with Gasteiger partial charge in [-0.15, -0.1) is 35.3 Å². The predicted octanol–water partition coefficient (Wildman–Crippen LogP) is 4.10. The Kier molecular flexibility index (Phi) is 9.35. The minimum absolute atomic E-state index is 0. The van der Waals surface area contributed by atoms with Crippen LogP contribution in [0.5, 0.6) is 0 Å². The smallest absolute Gasteiger partial charge is 0.191 e. The van der Waals surface area contributed by atoms with Crippen LogP contribution in [0.2, 0.25) is 0 Å². The molecule has 1 fully saturated rings. The number of likely N-dealkylation sites (tertiary alicyclic amines) is 1. The second-order valence-electron chi connectivity index (χ2n) is 7.53. The summed E-state index contributed by atoms with van der Waals surface area (Å²) in [6, 6.07) is 15.0. The van der Waals surface area contributed by atoms with Crippen LogP contribution in [0.3, 0.4) is 0 Å². The predicted molar refractivity (Wildman–Crippen MR) is 140 cm³/mol. The Morgan fingerprint density at radius 2 is 1.94 bits per heavy atom. The molecule has 0 radical (unpaired) electrons. The lowest BCUT2D eigenvalue weighted by molar-refractivity contribution is 0.249. The zero-order valence-corrected chi connectivity index (χ0v) is 21.1. The van der Waals surface area contributed by atoms with Gasteiger partial charge >= 0.3 is 0 Å². The third-order valence-electron chi connectivity index (χ3n) is 5.50. The van der Waals surface area contributed by atoms with Gasteiger partial charge in [-0.3, -0.25) is 9.89 Å². The van der Waals surface area contributed by atoms with Gasteiger partial charge in [-0.05, 0) is 61.5 Å². The minimum Gasteiger partial charge on any atom is -0.356 e. The number of hydrogen-bond acceptors (Lipinski definition) is 4. The van der Waals surface area contributed by atoms with Crippen molar-refractivity contribution in [3.8, 4) is 5.69 Å². The number of nitrogens with zero attached hydrogens (tertiary/aromatic N) is 4. The van der Waals surface area contributed by atoms with Crippen molar-refractivity contribution in [1.29, 1.82) is 0 Å². The van der Waals surface area contributed by atoms with Gasteiger partial charge in [-0.25, -0.2) is 4.68 Å². The van der Waals surface area contributed by atoms with E-state index in [2.05, 4.69) is 61.5 Å². The Balaban J connectivity index is 0.00000272. The van der Waals surface area contributed by atoms with Gasteiger partial charge in [-0.1, -0.05) is 24.3 Å². The SMILES string of the molecule is CN=C(NCCc1cnn(-c2ccccc2)c1)NCC(c1cccs1)N1CCCC1.I. The highest BCUT2D eigenvalue weighted by atomic mass is 127. The molecule has 0 aliphatic carbocycles. The molecular formula is C23H31IN6S. The summed E-state index contributed by atoms with van der Waals surface area (Å²) < 4.78 is 1.92. The first-order valence-corrected chi connectivity index (χ1v) is 11.5. The van der Waals surface area contributed by atoms with Crippen molar-refractivity contribution in [3.05, 3.63) is 70.7 Å². The molecule has 8 heteroatoms. The molecule has 3 heterocycles. The van der Waals surface area contributed by atoms with E-state index >= 15 is 0 Å². The molecule has 1 aromatic carbocycles. The molecule has 166 valence electrons. The van der Waals surface area contributed by atoms with Crippen molar-refractivity contribution >= 4 is 41.3 Å². The van der Waals surface area contributed by atoms with Crippen molar-refractivity contribution in [1.82, 2.24) is 25.3 Å². The molecule has 0 bridgehead atoms. The van der Waals surface area contributed by atoms with Gasteiger partial charge in [0.2, 0.25) is 0 Å². The number of aliphatic imine (C=N–C) groups is 1. The Labute approximate surface area is 205 Å². The number of thiophene rings is 1. The van der Waals surface area contributed by atoms with E-state index in [1.54, 1.807) is 0 Å². The average Bonchev–Trinajstić information content (AvgIpc) is 3.56. The molecule has 1 unspecified atom stereocenters. The van der Waals surface area contributed by atoms with Crippen LogP contribution in [0.25, 0.3) is 5.69 Å². The van der Waals surface area contributed by atoms with Crippen molar-refractivity contribution in [3.63, 3.8) is 0 Å². The third-order valence-corrected chi connectivity index (χ3v) is 6.48. The molecule has 3 aromatic rings. The van der Waals surface area contributed by atoms with Crippen molar-refractivity contribution in [2.75, 3.05) is 33.2 Å². The van der Waals surface area contributed by atoms with Gasteiger partial charge in [0.15, 0.2) is 5.96 Å². The van der Waals surface area contributed by atoms with Gasteiger partial charge in [0.25, 0.3) is 0 Å². The van der Waals surface area contributed by atoms with Gasteiger partial charge in [-0.2, -0.15) is 5.10 Å². The van der Waals surface area contributed by atoms with E-state index in [-0.39, 0.29) is 24.0 Å². The van der Waals surface area contributed by atoms with Crippen LogP contribution >= 0.6 is 35.3 Å². The first kappa shape index (κ1) is 23.7. The van der Waals surface area contributed by atoms with Crippen LogP contribution in [0, 0.1) is 0 Å². The zero-order valence-electron chi connectivity index (χ0n) is 17.9. The lowest BCUT2D eigenvalue weighted by Gasteiger charge is -2.27. The van der Waals surface area contributed by atoms with Crippen LogP contribution in [0.1, 0.15) is 29.3 Å². The molecular weight excluding hydrogens is 519 g/mol. The summed E-state index contributed by atoms with van der Waals surface area (Å²) >= 11 is 1.84. The zero-order chi connectivity index (χ0) is 20.6. The first-order valence-electron chi connectivity index (χ1n) is 10.6. The standard InChI is InChI=1S/C23H30N6S.HI/c1-24-23(26-17-21(22-10-7-15-30-22)28-13-5-6-14-28)25-12-11-19-16-27-29(18-19)20-8-3-2-4-9-20;/h2-4,7-10,15-16,18,21H,5-6,11-14,17H2,1H3,(H2,24,25,26);1H. The molecule has 2 aromatic heterocycles. The number of hydrogen-bond donors (Lipinski definition) is 2. The monoisotopic (exact) mass is 550 g/mol. The molecule has 1 atom stereocenters. The fraction of sp³-hybridized carbons (Fsp3) is 0.391. The maximum atomic E-state index is 4.48. The highest BCUT2D eigenvalue weighted by Crippen LogP contribution is 2.27. The topological polar surface area (TPSA) is 57.5 Å². The number of rotatable bonds is 8. The molecule has 1 saturated heterocycles. The van der Waals surface area contributed by atoms with Crippen LogP contribution < -0.4 is 10.6 Å². The fourth-order valence-electron chi connectivity index (χ4n) is 3.89. The van der Waals surface area contributed by atoms with Crippen molar-refractivity contribution < 1.29 is 0 Å². The van der Waals surface area contributed by atoms with Crippen LogP contribution in [-0.2, 0) is 6.42 Å². The average molecular weight is 551 g/mol. The number of aromatic nitrogens is 2. The van der Waals surface area contributed by atoms with E-state index in [1.807, 2.05) is 47.5 Å². The Hall–Kier alpha value is -1.91. The molecule has 2 N–H and O–H groups in total. The number of nitrogens with one attached hydrogen (secondary N) is 2. The van der Waals surface area contributed by atoms with E-state index in [0.717, 1.165) is 31.2 Å². The third kappa shape index (κ3) is 6.54. The summed E-state index contributed by atoms with van der Waals surface area (Å²) in [4.78, 5) is 8.42. The molecule has 0 saturated carbocycles. The minimum atomic E-state index is 0. The molecule has 4 rings (SSSR count). The molecule has 6 nitrogen and oxygen atoms in total. The normalized spacial score (nSPS) is 15.5. The highest BCUT2D eigenvalue weighted by Gasteiger charge is 2.24. The summed E-state index contributed by atoms with van der Waals surface area (Å²) in [6.45, 7) is 4.04. The summed E-state index contributed by atoms with van der Waals surface area (Å²) in [6.07, 6.45) is 7.52. The van der Waals surface area contributed by atoms with Crippen molar-refractivity contribution in [2.24, 2.45) is 4.99 Å². The lowest BCUT2D eigenvalue weighted by atomic mass is 10.2. The second-order valence-corrected chi connectivity index (χ2v) is 8.51. The second kappa shape index (κ2) is 12.2. The number of guanidine groups is 1. The molecule has 0 amide bonds. The summed E-state index contributed by atoms with van der Waals surface area (Å²) in [5.74, 6) is 0.853. The number of para-hydroxylation sites is 1.